The first-order valence-electron chi connectivity index (χ1n) is 16.2. The Balaban J connectivity index is 1.09. The van der Waals surface area contributed by atoms with Gasteiger partial charge in [-0.25, -0.2) is 0 Å². The highest BCUT2D eigenvalue weighted by atomic mass is 16.2. The fourth-order valence-corrected chi connectivity index (χ4v) is 8.57. The van der Waals surface area contributed by atoms with Crippen molar-refractivity contribution in [3.05, 3.63) is 60.7 Å². The first kappa shape index (κ1) is 29.4. The lowest BCUT2D eigenvalue weighted by atomic mass is 9.51. The molecule has 1 atom stereocenters. The zero-order valence-corrected chi connectivity index (χ0v) is 25.0. The first-order valence-corrected chi connectivity index (χ1v) is 16.2. The van der Waals surface area contributed by atoms with Gasteiger partial charge < -0.3 is 20.4 Å². The lowest BCUT2D eigenvalue weighted by molar-refractivity contribution is -0.144. The van der Waals surface area contributed by atoms with Crippen molar-refractivity contribution in [2.24, 2.45) is 29.6 Å². The van der Waals surface area contributed by atoms with E-state index >= 15 is 0 Å². The number of piperazine rings is 1. The van der Waals surface area contributed by atoms with E-state index < -0.39 is 6.04 Å². The molecule has 2 aromatic rings. The molecule has 0 spiro atoms. The maximum Gasteiger partial charge on any atom is 0.254 e. The lowest BCUT2D eigenvalue weighted by Gasteiger charge is -2.53. The molecule has 4 bridgehead atoms. The molecule has 2 N–H and O–H groups in total. The van der Waals surface area contributed by atoms with Crippen LogP contribution in [0.1, 0.15) is 61.7 Å². The minimum atomic E-state index is -0.597. The van der Waals surface area contributed by atoms with Crippen LogP contribution < -0.4 is 10.6 Å². The molecule has 8 heteroatoms. The molecule has 2 aromatic carbocycles. The highest BCUT2D eigenvalue weighted by Gasteiger charge is 2.51. The van der Waals surface area contributed by atoms with Crippen molar-refractivity contribution in [3.8, 4) is 0 Å². The molecule has 1 saturated heterocycles. The highest BCUT2D eigenvalue weighted by Crippen LogP contribution is 2.56. The van der Waals surface area contributed by atoms with Crippen LogP contribution in [-0.2, 0) is 14.4 Å². The smallest absolute Gasteiger partial charge is 0.254 e. The SMILES string of the molecule is C=CC(=O)NCCCC[C@H](NC(=O)C1C2CC3CC(C2)CC1C3)C(=O)N1CCN(C(=O)c2cccc3ccccc23)CC1. The summed E-state index contributed by atoms with van der Waals surface area (Å²) >= 11 is 0. The van der Waals surface area contributed by atoms with E-state index in [0.717, 1.165) is 48.3 Å². The van der Waals surface area contributed by atoms with Gasteiger partial charge in [-0.1, -0.05) is 43.0 Å². The Bertz CT molecular complexity index is 1350. The van der Waals surface area contributed by atoms with Crippen molar-refractivity contribution in [2.45, 2.75) is 57.4 Å². The summed E-state index contributed by atoms with van der Waals surface area (Å²) in [6.07, 6.45) is 9.14. The number of hydrogen-bond acceptors (Lipinski definition) is 4. The lowest BCUT2D eigenvalue weighted by Crippen LogP contribution is -2.58. The van der Waals surface area contributed by atoms with Crippen molar-refractivity contribution in [1.82, 2.24) is 20.4 Å². The van der Waals surface area contributed by atoms with E-state index in [1.54, 1.807) is 0 Å². The molecule has 1 heterocycles. The third kappa shape index (κ3) is 6.34. The normalized spacial score (nSPS) is 26.7. The van der Waals surface area contributed by atoms with Crippen LogP contribution in [0.15, 0.2) is 55.1 Å². The van der Waals surface area contributed by atoms with E-state index in [1.807, 2.05) is 52.3 Å². The van der Waals surface area contributed by atoms with Crippen LogP contribution >= 0.6 is 0 Å². The van der Waals surface area contributed by atoms with Crippen LogP contribution in [0.25, 0.3) is 10.8 Å². The number of rotatable bonds is 10. The predicted octanol–water partition coefficient (Wildman–Crippen LogP) is 4.15. The average Bonchev–Trinajstić information content (AvgIpc) is 3.02. The quantitative estimate of drug-likeness (QED) is 0.324. The Morgan fingerprint density at radius 2 is 1.49 bits per heavy atom. The standard InChI is InChI=1S/C35H44N4O4/c1-2-31(40)36-13-6-5-12-30(37-33(41)32-26-19-23-18-24(21-26)22-27(32)20-23)35(43)39-16-14-38(15-17-39)34(42)29-11-7-9-25-8-3-4-10-28(25)29/h2-4,7-11,23-24,26-27,30,32H,1,5-6,12-22H2,(H,36,40)(H,37,41)/t23?,24?,26?,27?,30-,32?/m0/s1. The highest BCUT2D eigenvalue weighted by molar-refractivity contribution is 6.07. The molecular formula is C35H44N4O4. The molecule has 5 fully saturated rings. The Morgan fingerprint density at radius 1 is 0.837 bits per heavy atom. The van der Waals surface area contributed by atoms with Crippen LogP contribution in [0, 0.1) is 29.6 Å². The van der Waals surface area contributed by atoms with E-state index in [0.29, 0.717) is 69.4 Å². The molecule has 43 heavy (non-hydrogen) atoms. The van der Waals surface area contributed by atoms with Crippen molar-refractivity contribution in [2.75, 3.05) is 32.7 Å². The van der Waals surface area contributed by atoms with Gasteiger partial charge in [-0.2, -0.15) is 0 Å². The second-order valence-electron chi connectivity index (χ2n) is 13.2. The fraction of sp³-hybridized carbons (Fsp3) is 0.543. The second kappa shape index (κ2) is 12.9. The molecule has 0 aromatic heterocycles. The number of unbranched alkanes of at least 4 members (excludes halogenated alkanes) is 1. The summed E-state index contributed by atoms with van der Waals surface area (Å²) in [5.74, 6) is 2.24. The Morgan fingerprint density at radius 3 is 2.19 bits per heavy atom. The van der Waals surface area contributed by atoms with Gasteiger partial charge in [0.15, 0.2) is 0 Å². The van der Waals surface area contributed by atoms with E-state index in [-0.39, 0.29) is 29.5 Å². The maximum atomic E-state index is 13.9. The van der Waals surface area contributed by atoms with E-state index in [2.05, 4.69) is 17.2 Å². The van der Waals surface area contributed by atoms with Crippen LogP contribution in [0.4, 0.5) is 0 Å². The molecule has 4 saturated carbocycles. The summed E-state index contributed by atoms with van der Waals surface area (Å²) in [5.41, 5.74) is 0.683. The van der Waals surface area contributed by atoms with E-state index in [1.165, 1.54) is 12.5 Å². The number of carbonyl (C=O) groups is 4. The average molecular weight is 585 g/mol. The number of benzene rings is 2. The third-order valence-electron chi connectivity index (χ3n) is 10.4. The summed E-state index contributed by atoms with van der Waals surface area (Å²) in [5, 5.41) is 7.97. The fourth-order valence-electron chi connectivity index (χ4n) is 8.57. The van der Waals surface area contributed by atoms with Crippen LogP contribution in [0.2, 0.25) is 0 Å². The Labute approximate surface area is 254 Å². The molecule has 228 valence electrons. The number of nitrogens with zero attached hydrogens (tertiary/aromatic N) is 2. The molecule has 4 aliphatic carbocycles. The van der Waals surface area contributed by atoms with Gasteiger partial charge >= 0.3 is 0 Å². The van der Waals surface area contributed by atoms with Crippen LogP contribution in [0.3, 0.4) is 0 Å². The van der Waals surface area contributed by atoms with Crippen molar-refractivity contribution >= 4 is 34.4 Å². The van der Waals surface area contributed by atoms with Gasteiger partial charge in [-0.05, 0) is 98.0 Å². The zero-order chi connectivity index (χ0) is 29.9. The van der Waals surface area contributed by atoms with Gasteiger partial charge in [0, 0.05) is 44.2 Å². The number of nitrogens with one attached hydrogen (secondary N) is 2. The van der Waals surface area contributed by atoms with Crippen molar-refractivity contribution in [1.29, 1.82) is 0 Å². The minimum absolute atomic E-state index is 0.0165. The van der Waals surface area contributed by atoms with Crippen LogP contribution in [0.5, 0.6) is 0 Å². The van der Waals surface area contributed by atoms with Crippen molar-refractivity contribution in [3.63, 3.8) is 0 Å². The zero-order valence-electron chi connectivity index (χ0n) is 25.0. The van der Waals surface area contributed by atoms with Gasteiger partial charge in [0.2, 0.25) is 17.7 Å². The van der Waals surface area contributed by atoms with Gasteiger partial charge in [0.05, 0.1) is 0 Å². The largest absolute Gasteiger partial charge is 0.353 e. The molecule has 4 amide bonds. The number of fused-ring (bicyclic) bond motifs is 1. The van der Waals surface area contributed by atoms with E-state index in [4.69, 9.17) is 0 Å². The van der Waals surface area contributed by atoms with Gasteiger partial charge in [0.1, 0.15) is 6.04 Å². The first-order chi connectivity index (χ1) is 20.9. The second-order valence-corrected chi connectivity index (χ2v) is 13.2. The molecule has 1 aliphatic heterocycles. The maximum absolute atomic E-state index is 13.9. The van der Waals surface area contributed by atoms with Gasteiger partial charge in [-0.15, -0.1) is 0 Å². The van der Waals surface area contributed by atoms with Crippen LogP contribution in [-0.4, -0.2) is 72.2 Å². The number of hydrogen-bond donors (Lipinski definition) is 2. The topological polar surface area (TPSA) is 98.8 Å². The van der Waals surface area contributed by atoms with Gasteiger partial charge in [0.25, 0.3) is 5.91 Å². The minimum Gasteiger partial charge on any atom is -0.353 e. The van der Waals surface area contributed by atoms with E-state index in [9.17, 15) is 19.2 Å². The molecule has 8 nitrogen and oxygen atoms in total. The summed E-state index contributed by atoms with van der Waals surface area (Å²) in [7, 11) is 0. The monoisotopic (exact) mass is 584 g/mol. The molecular weight excluding hydrogens is 540 g/mol. The summed E-state index contributed by atoms with van der Waals surface area (Å²) in [4.78, 5) is 56.3. The Kier molecular flexibility index (Phi) is 8.82. The van der Waals surface area contributed by atoms with Crippen molar-refractivity contribution < 1.29 is 19.2 Å². The number of amides is 4. The molecule has 5 aliphatic rings. The molecule has 0 radical (unpaired) electrons. The molecule has 7 rings (SSSR count). The Hall–Kier alpha value is -3.68. The number of carbonyl (C=O) groups excluding carboxylic acids is 4. The predicted molar refractivity (Wildman–Crippen MR) is 166 cm³/mol. The summed E-state index contributed by atoms with van der Waals surface area (Å²) in [6, 6.07) is 13.1. The van der Waals surface area contributed by atoms with Gasteiger partial charge in [-0.3, -0.25) is 19.2 Å². The summed E-state index contributed by atoms with van der Waals surface area (Å²) < 4.78 is 0. The summed E-state index contributed by atoms with van der Waals surface area (Å²) in [6.45, 7) is 5.78. The molecule has 0 unspecified atom stereocenters. The third-order valence-corrected chi connectivity index (χ3v) is 10.4.